The van der Waals surface area contributed by atoms with Crippen LogP contribution in [-0.4, -0.2) is 23.8 Å². The molecule has 7 heteroatoms. The van der Waals surface area contributed by atoms with Gasteiger partial charge in [0.25, 0.3) is 0 Å². The molecule has 132 valence electrons. The van der Waals surface area contributed by atoms with E-state index in [1.54, 1.807) is 0 Å². The lowest BCUT2D eigenvalue weighted by atomic mass is 10.1. The van der Waals surface area contributed by atoms with Crippen LogP contribution in [0.3, 0.4) is 0 Å². The summed E-state index contributed by atoms with van der Waals surface area (Å²) in [7, 11) is 1.32. The number of carbonyl (C=O) groups is 1. The fourth-order valence-electron chi connectivity index (χ4n) is 2.34. The number of hydrogen-bond acceptors (Lipinski definition) is 7. The fraction of sp³-hybridized carbons (Fsp3) is 0.105. The van der Waals surface area contributed by atoms with E-state index in [0.717, 1.165) is 21.9 Å². The van der Waals surface area contributed by atoms with E-state index in [0.29, 0.717) is 11.6 Å². The number of carbonyl (C=O) groups excluding carboxylic acids is 1. The minimum atomic E-state index is -0.524. The molecule has 0 aliphatic heterocycles. The van der Waals surface area contributed by atoms with E-state index < -0.39 is 5.97 Å². The first-order valence-corrected chi connectivity index (χ1v) is 8.81. The van der Waals surface area contributed by atoms with Crippen molar-refractivity contribution >= 4 is 28.1 Å². The molecule has 0 aliphatic carbocycles. The van der Waals surface area contributed by atoms with Gasteiger partial charge in [-0.1, -0.05) is 60.7 Å². The Bertz CT molecular complexity index is 894. The Balaban J connectivity index is 1.83. The largest absolute Gasteiger partial charge is 0.464 e. The standard InChI is InChI=1S/C19H18N4O2S/c1-25-18(24)16(12-14-8-4-2-5-9-14)22-23(20)19-21-17(13-26-19)15-10-6-3-7-11-15/h2-11,13H,12,20H2,1H3/b22-16+. The molecule has 2 aromatic carbocycles. The van der Waals surface area contributed by atoms with Gasteiger partial charge in [-0.2, -0.15) is 10.2 Å². The Kier molecular flexibility index (Phi) is 5.73. The predicted molar refractivity (Wildman–Crippen MR) is 104 cm³/mol. The highest BCUT2D eigenvalue weighted by atomic mass is 32.1. The van der Waals surface area contributed by atoms with Gasteiger partial charge in [0.05, 0.1) is 12.8 Å². The third-order valence-electron chi connectivity index (χ3n) is 3.62. The number of methoxy groups -OCH3 is 1. The molecule has 0 spiro atoms. The zero-order valence-electron chi connectivity index (χ0n) is 14.2. The van der Waals surface area contributed by atoms with Gasteiger partial charge >= 0.3 is 5.97 Å². The first-order chi connectivity index (χ1) is 12.7. The summed E-state index contributed by atoms with van der Waals surface area (Å²) in [6.45, 7) is 0. The highest BCUT2D eigenvalue weighted by molar-refractivity contribution is 7.14. The molecule has 6 nitrogen and oxygen atoms in total. The lowest BCUT2D eigenvalue weighted by Crippen LogP contribution is -2.30. The Hall–Kier alpha value is -3.03. The number of rotatable bonds is 6. The molecule has 2 N–H and O–H groups in total. The van der Waals surface area contributed by atoms with Crippen molar-refractivity contribution in [1.29, 1.82) is 0 Å². The van der Waals surface area contributed by atoms with Crippen LogP contribution in [0.15, 0.2) is 71.1 Å². The summed E-state index contributed by atoms with van der Waals surface area (Å²) < 4.78 is 4.83. The van der Waals surface area contributed by atoms with Crippen LogP contribution in [-0.2, 0) is 16.0 Å². The Morgan fingerprint density at radius 2 is 1.81 bits per heavy atom. The van der Waals surface area contributed by atoms with Gasteiger partial charge in [-0.3, -0.25) is 0 Å². The van der Waals surface area contributed by atoms with E-state index in [-0.39, 0.29) is 5.71 Å². The SMILES string of the molecule is COC(=O)/C(Cc1ccccc1)=N/N(N)c1nc(-c2ccccc2)cs1. The number of aromatic nitrogens is 1. The number of nitrogens with zero attached hydrogens (tertiary/aromatic N) is 3. The quantitative estimate of drug-likeness (QED) is 0.313. The van der Waals surface area contributed by atoms with Gasteiger partial charge in [-0.15, -0.1) is 11.3 Å². The van der Waals surface area contributed by atoms with Crippen LogP contribution in [0.25, 0.3) is 11.3 Å². The lowest BCUT2D eigenvalue weighted by molar-refractivity contribution is -0.132. The van der Waals surface area contributed by atoms with Crippen LogP contribution < -0.4 is 11.0 Å². The minimum Gasteiger partial charge on any atom is -0.464 e. The van der Waals surface area contributed by atoms with E-state index in [9.17, 15) is 4.79 Å². The second-order valence-electron chi connectivity index (χ2n) is 5.43. The fourth-order valence-corrected chi connectivity index (χ4v) is 3.04. The van der Waals surface area contributed by atoms with Crippen molar-refractivity contribution in [1.82, 2.24) is 4.98 Å². The summed E-state index contributed by atoms with van der Waals surface area (Å²) >= 11 is 1.35. The van der Waals surface area contributed by atoms with Crippen LogP contribution >= 0.6 is 11.3 Å². The number of nitrogens with two attached hydrogens (primary N) is 1. The smallest absolute Gasteiger partial charge is 0.354 e. The van der Waals surface area contributed by atoms with E-state index in [1.807, 2.05) is 66.0 Å². The highest BCUT2D eigenvalue weighted by Gasteiger charge is 2.16. The number of hydrogen-bond donors (Lipinski definition) is 1. The van der Waals surface area contributed by atoms with Crippen molar-refractivity contribution in [3.8, 4) is 11.3 Å². The number of hydrazone groups is 1. The summed E-state index contributed by atoms with van der Waals surface area (Å²) in [5, 5.41) is 7.72. The lowest BCUT2D eigenvalue weighted by Gasteiger charge is -2.11. The number of thiazole rings is 1. The molecule has 0 saturated carbocycles. The highest BCUT2D eigenvalue weighted by Crippen LogP contribution is 2.26. The first-order valence-electron chi connectivity index (χ1n) is 7.93. The molecule has 0 fully saturated rings. The molecule has 0 bridgehead atoms. The van der Waals surface area contributed by atoms with Gasteiger partial charge < -0.3 is 4.74 Å². The molecule has 0 saturated heterocycles. The van der Waals surface area contributed by atoms with Crippen molar-refractivity contribution in [2.24, 2.45) is 10.9 Å². The minimum absolute atomic E-state index is 0.206. The Morgan fingerprint density at radius 3 is 2.46 bits per heavy atom. The maximum atomic E-state index is 12.1. The zero-order chi connectivity index (χ0) is 18.4. The molecule has 0 amide bonds. The average Bonchev–Trinajstić information content (AvgIpc) is 3.19. The van der Waals surface area contributed by atoms with Crippen molar-refractivity contribution < 1.29 is 9.53 Å². The normalized spacial score (nSPS) is 11.2. The topological polar surface area (TPSA) is 80.8 Å². The van der Waals surface area contributed by atoms with Crippen molar-refractivity contribution in [3.05, 3.63) is 71.6 Å². The van der Waals surface area contributed by atoms with E-state index in [2.05, 4.69) is 10.1 Å². The maximum Gasteiger partial charge on any atom is 0.354 e. The Labute approximate surface area is 155 Å². The van der Waals surface area contributed by atoms with E-state index in [1.165, 1.54) is 18.4 Å². The summed E-state index contributed by atoms with van der Waals surface area (Å²) in [5.41, 5.74) is 2.94. The number of hydrazine groups is 1. The van der Waals surface area contributed by atoms with Crippen molar-refractivity contribution in [3.63, 3.8) is 0 Å². The zero-order valence-corrected chi connectivity index (χ0v) is 15.0. The number of benzene rings is 2. The van der Waals surface area contributed by atoms with Crippen LogP contribution in [0.4, 0.5) is 5.13 Å². The number of esters is 1. The average molecular weight is 366 g/mol. The molecule has 0 radical (unpaired) electrons. The van der Waals surface area contributed by atoms with Crippen LogP contribution in [0.2, 0.25) is 0 Å². The van der Waals surface area contributed by atoms with E-state index >= 15 is 0 Å². The molecular weight excluding hydrogens is 348 g/mol. The number of ether oxygens (including phenoxy) is 1. The summed E-state index contributed by atoms with van der Waals surface area (Å²) in [4.78, 5) is 16.5. The van der Waals surface area contributed by atoms with Gasteiger partial charge in [-0.05, 0) is 5.56 Å². The molecular formula is C19H18N4O2S. The third-order valence-corrected chi connectivity index (χ3v) is 4.45. The number of anilines is 1. The van der Waals surface area contributed by atoms with E-state index in [4.69, 9.17) is 10.6 Å². The van der Waals surface area contributed by atoms with Crippen molar-refractivity contribution in [2.75, 3.05) is 12.2 Å². The second-order valence-corrected chi connectivity index (χ2v) is 6.26. The molecule has 26 heavy (non-hydrogen) atoms. The maximum absolute atomic E-state index is 12.1. The van der Waals surface area contributed by atoms with Gasteiger partial charge in [0.15, 0.2) is 5.71 Å². The van der Waals surface area contributed by atoms with Crippen LogP contribution in [0.1, 0.15) is 5.56 Å². The molecule has 0 atom stereocenters. The molecule has 3 rings (SSSR count). The molecule has 3 aromatic rings. The van der Waals surface area contributed by atoms with Gasteiger partial charge in [0, 0.05) is 17.4 Å². The molecule has 1 aromatic heterocycles. The molecule has 1 heterocycles. The summed E-state index contributed by atoms with van der Waals surface area (Å²) in [5.74, 6) is 5.50. The monoisotopic (exact) mass is 366 g/mol. The van der Waals surface area contributed by atoms with Crippen molar-refractivity contribution in [2.45, 2.75) is 6.42 Å². The van der Waals surface area contributed by atoms with Crippen LogP contribution in [0, 0.1) is 0 Å². The predicted octanol–water partition coefficient (Wildman–Crippen LogP) is 3.26. The van der Waals surface area contributed by atoms with Crippen LogP contribution in [0.5, 0.6) is 0 Å². The summed E-state index contributed by atoms with van der Waals surface area (Å²) in [6, 6.07) is 19.3. The van der Waals surface area contributed by atoms with Gasteiger partial charge in [0.1, 0.15) is 0 Å². The van der Waals surface area contributed by atoms with Gasteiger partial charge in [-0.25, -0.2) is 15.6 Å². The third kappa shape index (κ3) is 4.33. The molecule has 0 unspecified atom stereocenters. The summed E-state index contributed by atoms with van der Waals surface area (Å²) in [6.07, 6.45) is 0.318. The second kappa shape index (κ2) is 8.37. The van der Waals surface area contributed by atoms with Gasteiger partial charge in [0.2, 0.25) is 5.13 Å². The Morgan fingerprint density at radius 1 is 1.15 bits per heavy atom. The molecule has 0 aliphatic rings. The first kappa shape index (κ1) is 17.8.